The topological polar surface area (TPSA) is 97.2 Å². The van der Waals surface area contributed by atoms with Crippen LogP contribution in [-0.4, -0.2) is 28.0 Å². The lowest BCUT2D eigenvalue weighted by molar-refractivity contribution is -0.164. The smallest absolute Gasteiger partial charge is 0.336 e. The van der Waals surface area contributed by atoms with E-state index in [4.69, 9.17) is 10.5 Å². The van der Waals surface area contributed by atoms with Crippen molar-refractivity contribution in [2.75, 3.05) is 0 Å². The molecule has 6 nitrogen and oxygen atoms in total. The Kier molecular flexibility index (Phi) is 5.75. The fourth-order valence-corrected chi connectivity index (χ4v) is 3.13. The Morgan fingerprint density at radius 2 is 1.69 bits per heavy atom. The van der Waals surface area contributed by atoms with Crippen molar-refractivity contribution in [2.24, 2.45) is 5.73 Å². The summed E-state index contributed by atoms with van der Waals surface area (Å²) in [4.78, 5) is 29.2. The fourth-order valence-electron chi connectivity index (χ4n) is 3.13. The molecule has 3 rings (SSSR count). The third kappa shape index (κ3) is 4.84. The maximum atomic E-state index is 13.1. The zero-order valence-corrected chi connectivity index (χ0v) is 17.0. The zero-order valence-electron chi connectivity index (χ0n) is 17.0. The monoisotopic (exact) mass is 393 g/mol. The highest BCUT2D eigenvalue weighted by Gasteiger charge is 2.45. The molecule has 0 spiro atoms. The molecule has 0 bridgehead atoms. The number of H-pyrrole nitrogens is 1. The number of carbonyl (C=O) groups excluding carboxylic acids is 2. The van der Waals surface area contributed by atoms with Crippen LogP contribution >= 0.6 is 0 Å². The second-order valence-electron chi connectivity index (χ2n) is 8.18. The summed E-state index contributed by atoms with van der Waals surface area (Å²) >= 11 is 0. The van der Waals surface area contributed by atoms with Crippen LogP contribution in [0, 0.1) is 0 Å². The van der Waals surface area contributed by atoms with Crippen molar-refractivity contribution < 1.29 is 14.3 Å². The molecule has 1 aromatic heterocycles. The lowest BCUT2D eigenvalue weighted by Crippen LogP contribution is -2.62. The van der Waals surface area contributed by atoms with Gasteiger partial charge in [-0.25, -0.2) is 4.79 Å². The normalized spacial score (nSPS) is 13.7. The van der Waals surface area contributed by atoms with Gasteiger partial charge in [-0.3, -0.25) is 4.79 Å². The Labute approximate surface area is 170 Å². The van der Waals surface area contributed by atoms with Crippen molar-refractivity contribution in [3.63, 3.8) is 0 Å². The summed E-state index contributed by atoms with van der Waals surface area (Å²) in [5, 5.41) is 3.71. The van der Waals surface area contributed by atoms with Crippen molar-refractivity contribution in [2.45, 2.75) is 44.9 Å². The van der Waals surface area contributed by atoms with Crippen LogP contribution in [0.25, 0.3) is 10.9 Å². The Bertz CT molecular complexity index is 1000. The molecule has 0 aliphatic carbocycles. The summed E-state index contributed by atoms with van der Waals surface area (Å²) in [7, 11) is 0. The van der Waals surface area contributed by atoms with E-state index in [1.165, 1.54) is 0 Å². The largest absolute Gasteiger partial charge is 0.458 e. The second kappa shape index (κ2) is 8.09. The number of benzene rings is 2. The maximum absolute atomic E-state index is 13.1. The van der Waals surface area contributed by atoms with E-state index in [2.05, 4.69) is 10.3 Å². The molecule has 0 saturated carbocycles. The molecular weight excluding hydrogens is 366 g/mol. The first-order chi connectivity index (χ1) is 13.7. The number of amides is 1. The highest BCUT2D eigenvalue weighted by molar-refractivity contribution is 6.08. The van der Waals surface area contributed by atoms with E-state index in [0.29, 0.717) is 0 Å². The lowest BCUT2D eigenvalue weighted by Gasteiger charge is -2.30. The van der Waals surface area contributed by atoms with E-state index in [0.717, 1.165) is 22.0 Å². The van der Waals surface area contributed by atoms with Gasteiger partial charge in [0.05, 0.1) is 0 Å². The number of nitrogens with one attached hydrogen (secondary N) is 2. The standard InChI is InChI=1S/C23H27N3O3/c1-22(2,3)29-21(28)23(24,20(27)26-14-16-9-5-4-6-10-16)13-17-15-25-19-12-8-7-11-18(17)19/h4-12,15,25H,13-14,24H2,1-3H3,(H,26,27). The number of esters is 1. The highest BCUT2D eigenvalue weighted by atomic mass is 16.6. The average Bonchev–Trinajstić information content (AvgIpc) is 3.08. The van der Waals surface area contributed by atoms with Gasteiger partial charge in [-0.05, 0) is 38.0 Å². The summed E-state index contributed by atoms with van der Waals surface area (Å²) in [5.74, 6) is -1.32. The van der Waals surface area contributed by atoms with E-state index in [-0.39, 0.29) is 13.0 Å². The van der Waals surface area contributed by atoms with Crippen LogP contribution in [0.1, 0.15) is 31.9 Å². The quantitative estimate of drug-likeness (QED) is 0.443. The molecule has 1 heterocycles. The summed E-state index contributed by atoms with van der Waals surface area (Å²) in [5.41, 5.74) is 6.43. The van der Waals surface area contributed by atoms with Crippen molar-refractivity contribution in [1.29, 1.82) is 0 Å². The Balaban J connectivity index is 1.88. The SMILES string of the molecule is CC(C)(C)OC(=O)C(N)(Cc1c[nH]c2ccccc12)C(=O)NCc1ccccc1. The van der Waals surface area contributed by atoms with Crippen LogP contribution in [0.2, 0.25) is 0 Å². The van der Waals surface area contributed by atoms with Crippen LogP contribution in [0.3, 0.4) is 0 Å². The fraction of sp³-hybridized carbons (Fsp3) is 0.304. The third-order valence-corrected chi connectivity index (χ3v) is 4.61. The molecule has 0 saturated heterocycles. The van der Waals surface area contributed by atoms with Crippen molar-refractivity contribution in [1.82, 2.24) is 10.3 Å². The number of aromatic amines is 1. The van der Waals surface area contributed by atoms with Crippen LogP contribution in [0.4, 0.5) is 0 Å². The van der Waals surface area contributed by atoms with Gasteiger partial charge in [-0.1, -0.05) is 48.5 Å². The van der Waals surface area contributed by atoms with Crippen molar-refractivity contribution in [3.05, 3.63) is 71.9 Å². The van der Waals surface area contributed by atoms with Gasteiger partial charge in [0.1, 0.15) is 5.60 Å². The molecule has 29 heavy (non-hydrogen) atoms. The molecule has 0 radical (unpaired) electrons. The molecule has 0 aliphatic heterocycles. The average molecular weight is 393 g/mol. The van der Waals surface area contributed by atoms with Crippen LogP contribution < -0.4 is 11.1 Å². The van der Waals surface area contributed by atoms with E-state index in [9.17, 15) is 9.59 Å². The number of ether oxygens (including phenoxy) is 1. The van der Waals surface area contributed by atoms with Gasteiger partial charge in [-0.15, -0.1) is 0 Å². The van der Waals surface area contributed by atoms with Gasteiger partial charge in [0.25, 0.3) is 5.91 Å². The summed E-state index contributed by atoms with van der Waals surface area (Å²) in [6.07, 6.45) is 1.80. The van der Waals surface area contributed by atoms with Crippen molar-refractivity contribution >= 4 is 22.8 Å². The number of hydrogen-bond donors (Lipinski definition) is 3. The first kappa shape index (κ1) is 20.6. The number of para-hydroxylation sites is 1. The molecule has 152 valence electrons. The molecule has 0 aliphatic rings. The van der Waals surface area contributed by atoms with E-state index in [1.807, 2.05) is 54.6 Å². The van der Waals surface area contributed by atoms with Gasteiger partial charge in [0, 0.05) is 30.1 Å². The number of fused-ring (bicyclic) bond motifs is 1. The molecule has 1 unspecified atom stereocenters. The van der Waals surface area contributed by atoms with Gasteiger partial charge in [0.15, 0.2) is 5.54 Å². The third-order valence-electron chi connectivity index (χ3n) is 4.61. The minimum atomic E-state index is -1.85. The maximum Gasteiger partial charge on any atom is 0.336 e. The zero-order chi connectivity index (χ0) is 21.1. The van der Waals surface area contributed by atoms with Gasteiger partial charge < -0.3 is 20.8 Å². The van der Waals surface area contributed by atoms with Crippen molar-refractivity contribution in [3.8, 4) is 0 Å². The molecule has 4 N–H and O–H groups in total. The Morgan fingerprint density at radius 1 is 1.03 bits per heavy atom. The van der Waals surface area contributed by atoms with Crippen LogP contribution in [0.5, 0.6) is 0 Å². The number of carbonyl (C=O) groups is 2. The molecular formula is C23H27N3O3. The van der Waals surface area contributed by atoms with Crippen LogP contribution in [-0.2, 0) is 27.3 Å². The molecule has 6 heteroatoms. The minimum Gasteiger partial charge on any atom is -0.458 e. The summed E-state index contributed by atoms with van der Waals surface area (Å²) in [6.45, 7) is 5.52. The lowest BCUT2D eigenvalue weighted by atomic mass is 9.90. The van der Waals surface area contributed by atoms with Crippen LogP contribution in [0.15, 0.2) is 60.8 Å². The molecule has 2 aromatic carbocycles. The number of hydrogen-bond acceptors (Lipinski definition) is 4. The summed E-state index contributed by atoms with van der Waals surface area (Å²) < 4.78 is 5.50. The second-order valence-corrected chi connectivity index (χ2v) is 8.18. The number of aromatic nitrogens is 1. The Hall–Kier alpha value is -3.12. The molecule has 0 fully saturated rings. The van der Waals surface area contributed by atoms with Gasteiger partial charge in [-0.2, -0.15) is 0 Å². The molecule has 3 aromatic rings. The summed E-state index contributed by atoms with van der Waals surface area (Å²) in [6, 6.07) is 17.1. The molecule has 1 amide bonds. The minimum absolute atomic E-state index is 0.0204. The highest BCUT2D eigenvalue weighted by Crippen LogP contribution is 2.24. The van der Waals surface area contributed by atoms with E-state index in [1.54, 1.807) is 27.0 Å². The number of rotatable bonds is 6. The Morgan fingerprint density at radius 3 is 2.38 bits per heavy atom. The molecule has 1 atom stereocenters. The van der Waals surface area contributed by atoms with Gasteiger partial charge in [0.2, 0.25) is 0 Å². The first-order valence-corrected chi connectivity index (χ1v) is 9.58. The predicted molar refractivity (Wildman–Crippen MR) is 113 cm³/mol. The number of nitrogens with two attached hydrogens (primary N) is 1. The predicted octanol–water partition coefficient (Wildman–Crippen LogP) is 3.07. The van der Waals surface area contributed by atoms with Gasteiger partial charge >= 0.3 is 5.97 Å². The van der Waals surface area contributed by atoms with E-state index >= 15 is 0 Å². The van der Waals surface area contributed by atoms with E-state index < -0.39 is 23.0 Å². The first-order valence-electron chi connectivity index (χ1n) is 9.58.